The first-order valence-corrected chi connectivity index (χ1v) is 5.99. The van der Waals surface area contributed by atoms with E-state index in [9.17, 15) is 13.6 Å². The zero-order valence-corrected chi connectivity index (χ0v) is 11.0. The van der Waals surface area contributed by atoms with Gasteiger partial charge in [-0.2, -0.15) is 0 Å². The summed E-state index contributed by atoms with van der Waals surface area (Å²) in [6, 6.07) is 2.89. The molecule has 106 valence electrons. The summed E-state index contributed by atoms with van der Waals surface area (Å²) in [5, 5.41) is 5.38. The molecule has 0 aliphatic heterocycles. The van der Waals surface area contributed by atoms with Crippen LogP contribution in [0.15, 0.2) is 18.2 Å². The average Bonchev–Trinajstić information content (AvgIpc) is 2.34. The van der Waals surface area contributed by atoms with Gasteiger partial charge in [0.25, 0.3) is 0 Å². The van der Waals surface area contributed by atoms with Crippen molar-refractivity contribution in [3.63, 3.8) is 0 Å². The fraction of sp³-hybridized carbons (Fsp3) is 0.462. The summed E-state index contributed by atoms with van der Waals surface area (Å²) < 4.78 is 31.8. The zero-order chi connectivity index (χ0) is 14.3. The van der Waals surface area contributed by atoms with Crippen molar-refractivity contribution in [3.05, 3.63) is 35.4 Å². The molecule has 0 aliphatic rings. The molecular weight excluding hydrogens is 254 g/mol. The summed E-state index contributed by atoms with van der Waals surface area (Å²) >= 11 is 0. The molecular formula is C13H18F2N2O2. The van der Waals surface area contributed by atoms with E-state index >= 15 is 0 Å². The lowest BCUT2D eigenvalue weighted by Crippen LogP contribution is -2.37. The van der Waals surface area contributed by atoms with Crippen LogP contribution in [0.4, 0.5) is 8.78 Å². The van der Waals surface area contributed by atoms with E-state index in [-0.39, 0.29) is 18.0 Å². The molecule has 0 radical (unpaired) electrons. The molecule has 1 rings (SSSR count). The van der Waals surface area contributed by atoms with E-state index in [4.69, 9.17) is 4.74 Å². The standard InChI is InChI=1S/C13H18F2N2O2/c1-9(13-10(14)4-3-5-11(13)15)17-12(18)8-16-6-7-19-2/h3-5,9,16H,6-8H2,1-2H3,(H,17,18). The maximum absolute atomic E-state index is 13.5. The van der Waals surface area contributed by atoms with Crippen LogP contribution in [0.1, 0.15) is 18.5 Å². The minimum absolute atomic E-state index is 0.0732. The number of ether oxygens (including phenoxy) is 1. The molecule has 0 bridgehead atoms. The van der Waals surface area contributed by atoms with Crippen molar-refractivity contribution in [1.82, 2.24) is 10.6 Å². The third-order valence-electron chi connectivity index (χ3n) is 2.58. The highest BCUT2D eigenvalue weighted by molar-refractivity contribution is 5.78. The monoisotopic (exact) mass is 272 g/mol. The van der Waals surface area contributed by atoms with Crippen molar-refractivity contribution in [2.75, 3.05) is 26.8 Å². The highest BCUT2D eigenvalue weighted by Crippen LogP contribution is 2.19. The van der Waals surface area contributed by atoms with Gasteiger partial charge in [-0.05, 0) is 19.1 Å². The van der Waals surface area contributed by atoms with E-state index in [0.29, 0.717) is 13.2 Å². The highest BCUT2D eigenvalue weighted by Gasteiger charge is 2.17. The molecule has 0 fully saturated rings. The van der Waals surface area contributed by atoms with Crippen molar-refractivity contribution in [3.8, 4) is 0 Å². The number of hydrogen-bond donors (Lipinski definition) is 2. The third kappa shape index (κ3) is 4.92. The van der Waals surface area contributed by atoms with Crippen LogP contribution < -0.4 is 10.6 Å². The first-order valence-electron chi connectivity index (χ1n) is 5.99. The number of methoxy groups -OCH3 is 1. The van der Waals surface area contributed by atoms with Gasteiger partial charge in [0, 0.05) is 19.2 Å². The lowest BCUT2D eigenvalue weighted by Gasteiger charge is -2.16. The van der Waals surface area contributed by atoms with Crippen LogP contribution in [-0.2, 0) is 9.53 Å². The van der Waals surface area contributed by atoms with Gasteiger partial charge in [-0.25, -0.2) is 8.78 Å². The number of rotatable bonds is 7. The summed E-state index contributed by atoms with van der Waals surface area (Å²) in [5.41, 5.74) is -0.132. The molecule has 0 saturated carbocycles. The molecule has 0 saturated heterocycles. The third-order valence-corrected chi connectivity index (χ3v) is 2.58. The minimum atomic E-state index is -0.724. The van der Waals surface area contributed by atoms with Gasteiger partial charge in [0.15, 0.2) is 0 Å². The largest absolute Gasteiger partial charge is 0.383 e. The molecule has 0 aliphatic carbocycles. The van der Waals surface area contributed by atoms with Crippen LogP contribution in [0.2, 0.25) is 0 Å². The predicted octanol–water partition coefficient (Wildman–Crippen LogP) is 1.38. The molecule has 0 heterocycles. The Labute approximate surface area is 111 Å². The van der Waals surface area contributed by atoms with Gasteiger partial charge in [0.1, 0.15) is 11.6 Å². The maximum Gasteiger partial charge on any atom is 0.234 e. The van der Waals surface area contributed by atoms with Gasteiger partial charge in [-0.1, -0.05) is 6.07 Å². The summed E-state index contributed by atoms with van der Waals surface area (Å²) in [6.07, 6.45) is 0. The molecule has 19 heavy (non-hydrogen) atoms. The van der Waals surface area contributed by atoms with Crippen molar-refractivity contribution in [1.29, 1.82) is 0 Å². The molecule has 1 aromatic carbocycles. The lowest BCUT2D eigenvalue weighted by atomic mass is 10.1. The summed E-state index contributed by atoms with van der Waals surface area (Å²) in [6.45, 7) is 2.63. The quantitative estimate of drug-likeness (QED) is 0.737. The number of carbonyl (C=O) groups is 1. The molecule has 4 nitrogen and oxygen atoms in total. The van der Waals surface area contributed by atoms with Crippen LogP contribution in [0.25, 0.3) is 0 Å². The molecule has 6 heteroatoms. The average molecular weight is 272 g/mol. The van der Waals surface area contributed by atoms with E-state index < -0.39 is 17.7 Å². The summed E-state index contributed by atoms with van der Waals surface area (Å²) in [7, 11) is 1.56. The second-order valence-corrected chi connectivity index (χ2v) is 4.09. The number of hydrogen-bond acceptors (Lipinski definition) is 3. The van der Waals surface area contributed by atoms with Crippen molar-refractivity contribution in [2.24, 2.45) is 0 Å². The van der Waals surface area contributed by atoms with Crippen LogP contribution in [-0.4, -0.2) is 32.7 Å². The number of carbonyl (C=O) groups excluding carboxylic acids is 1. The number of halogens is 2. The van der Waals surface area contributed by atoms with Gasteiger partial charge in [-0.3, -0.25) is 4.79 Å². The second kappa shape index (κ2) is 7.81. The molecule has 0 aromatic heterocycles. The normalized spacial score (nSPS) is 12.2. The fourth-order valence-electron chi connectivity index (χ4n) is 1.67. The number of amides is 1. The minimum Gasteiger partial charge on any atom is -0.383 e. The fourth-order valence-corrected chi connectivity index (χ4v) is 1.67. The predicted molar refractivity (Wildman–Crippen MR) is 67.7 cm³/mol. The molecule has 1 unspecified atom stereocenters. The Morgan fingerprint density at radius 3 is 2.58 bits per heavy atom. The Bertz CT molecular complexity index is 407. The van der Waals surface area contributed by atoms with E-state index in [1.54, 1.807) is 7.11 Å². The Morgan fingerprint density at radius 1 is 1.37 bits per heavy atom. The summed E-state index contributed by atoms with van der Waals surface area (Å²) in [5.74, 6) is -1.66. The topological polar surface area (TPSA) is 50.4 Å². The lowest BCUT2D eigenvalue weighted by molar-refractivity contribution is -0.120. The first kappa shape index (κ1) is 15.5. The van der Waals surface area contributed by atoms with Crippen LogP contribution in [0.5, 0.6) is 0 Å². The molecule has 1 atom stereocenters. The Kier molecular flexibility index (Phi) is 6.38. The van der Waals surface area contributed by atoms with Crippen molar-refractivity contribution in [2.45, 2.75) is 13.0 Å². The smallest absolute Gasteiger partial charge is 0.234 e. The highest BCUT2D eigenvalue weighted by atomic mass is 19.1. The zero-order valence-electron chi connectivity index (χ0n) is 11.0. The van der Waals surface area contributed by atoms with Gasteiger partial charge in [-0.15, -0.1) is 0 Å². The summed E-state index contributed by atoms with van der Waals surface area (Å²) in [4.78, 5) is 11.6. The Balaban J connectivity index is 2.50. The van der Waals surface area contributed by atoms with Gasteiger partial charge in [0.05, 0.1) is 19.2 Å². The van der Waals surface area contributed by atoms with Gasteiger partial charge >= 0.3 is 0 Å². The van der Waals surface area contributed by atoms with Crippen LogP contribution >= 0.6 is 0 Å². The molecule has 0 spiro atoms. The van der Waals surface area contributed by atoms with Crippen molar-refractivity contribution < 1.29 is 18.3 Å². The van der Waals surface area contributed by atoms with E-state index in [2.05, 4.69) is 10.6 Å². The Hall–Kier alpha value is -1.53. The van der Waals surface area contributed by atoms with Gasteiger partial charge in [0.2, 0.25) is 5.91 Å². The van der Waals surface area contributed by atoms with E-state index in [1.165, 1.54) is 13.0 Å². The van der Waals surface area contributed by atoms with E-state index in [0.717, 1.165) is 12.1 Å². The molecule has 1 amide bonds. The molecule has 1 aromatic rings. The SMILES string of the molecule is COCCNCC(=O)NC(C)c1c(F)cccc1F. The molecule has 2 N–H and O–H groups in total. The maximum atomic E-state index is 13.5. The first-order chi connectivity index (χ1) is 9.06. The van der Waals surface area contributed by atoms with Crippen LogP contribution in [0, 0.1) is 11.6 Å². The number of nitrogens with one attached hydrogen (secondary N) is 2. The van der Waals surface area contributed by atoms with Gasteiger partial charge < -0.3 is 15.4 Å². The number of benzene rings is 1. The van der Waals surface area contributed by atoms with Crippen LogP contribution in [0.3, 0.4) is 0 Å². The Morgan fingerprint density at radius 2 is 2.00 bits per heavy atom. The van der Waals surface area contributed by atoms with Crippen molar-refractivity contribution >= 4 is 5.91 Å². The second-order valence-electron chi connectivity index (χ2n) is 4.09. The van der Waals surface area contributed by atoms with E-state index in [1.807, 2.05) is 0 Å².